The van der Waals surface area contributed by atoms with Gasteiger partial charge in [0, 0.05) is 24.7 Å². The Balaban J connectivity index is 1.40. The van der Waals surface area contributed by atoms with Gasteiger partial charge in [-0.2, -0.15) is 0 Å². The minimum absolute atomic E-state index is 0.0407. The minimum atomic E-state index is 0.0407. The van der Waals surface area contributed by atoms with E-state index in [0.29, 0.717) is 6.04 Å². The molecule has 0 bridgehead atoms. The molecule has 0 aliphatic carbocycles. The molecule has 200 valence electrons. The van der Waals surface area contributed by atoms with Crippen molar-refractivity contribution in [3.63, 3.8) is 0 Å². The van der Waals surface area contributed by atoms with E-state index < -0.39 is 0 Å². The Hall–Kier alpha value is -2.65. The van der Waals surface area contributed by atoms with Gasteiger partial charge in [0.25, 0.3) is 5.91 Å². The number of nitrogens with one attached hydrogen (secondary N) is 1. The summed E-state index contributed by atoms with van der Waals surface area (Å²) in [7, 11) is 0. The molecule has 1 N–H and O–H groups in total. The molecule has 0 radical (unpaired) electrons. The number of amides is 1. The number of fused-ring (bicyclic) bond motifs is 1. The summed E-state index contributed by atoms with van der Waals surface area (Å²) < 4.78 is 0. The van der Waals surface area contributed by atoms with Gasteiger partial charge >= 0.3 is 0 Å². The summed E-state index contributed by atoms with van der Waals surface area (Å²) >= 11 is 0. The highest BCUT2D eigenvalue weighted by molar-refractivity contribution is 5.94. The van der Waals surface area contributed by atoms with Crippen molar-refractivity contribution in [2.24, 2.45) is 0 Å². The molecule has 0 fully saturated rings. The normalized spacial score (nSPS) is 12.2. The highest BCUT2D eigenvalue weighted by Gasteiger charge is 2.17. The average Bonchev–Trinajstić information content (AvgIpc) is 2.94. The van der Waals surface area contributed by atoms with E-state index in [1.54, 1.807) is 0 Å². The zero-order valence-electron chi connectivity index (χ0n) is 23.5. The third kappa shape index (κ3) is 9.31. The van der Waals surface area contributed by atoms with Crippen molar-refractivity contribution in [1.82, 2.24) is 10.2 Å². The van der Waals surface area contributed by atoms with Gasteiger partial charge in [-0.1, -0.05) is 126 Å². The van der Waals surface area contributed by atoms with E-state index in [4.69, 9.17) is 0 Å². The lowest BCUT2D eigenvalue weighted by Gasteiger charge is -2.29. The van der Waals surface area contributed by atoms with Crippen LogP contribution in [0, 0.1) is 0 Å². The van der Waals surface area contributed by atoms with Crippen LogP contribution in [0.15, 0.2) is 66.7 Å². The number of rotatable bonds is 17. The first-order valence-electron chi connectivity index (χ1n) is 14.7. The summed E-state index contributed by atoms with van der Waals surface area (Å²) in [6.45, 7) is 9.37. The number of hydrogen-bond donors (Lipinski definition) is 1. The molecule has 0 aliphatic heterocycles. The summed E-state index contributed by atoms with van der Waals surface area (Å²) in [5.41, 5.74) is 3.35. The number of benzene rings is 3. The maximum absolute atomic E-state index is 12.6. The highest BCUT2D eigenvalue weighted by Crippen LogP contribution is 2.29. The first-order valence-corrected chi connectivity index (χ1v) is 14.7. The van der Waals surface area contributed by atoms with Crippen LogP contribution < -0.4 is 5.32 Å². The lowest BCUT2D eigenvalue weighted by Crippen LogP contribution is -2.27. The Morgan fingerprint density at radius 1 is 0.757 bits per heavy atom. The van der Waals surface area contributed by atoms with Crippen molar-refractivity contribution in [3.8, 4) is 0 Å². The molecule has 3 aromatic carbocycles. The van der Waals surface area contributed by atoms with Gasteiger partial charge in [0.2, 0.25) is 0 Å². The quantitative estimate of drug-likeness (QED) is 0.187. The van der Waals surface area contributed by atoms with Gasteiger partial charge in [-0.05, 0) is 53.9 Å². The van der Waals surface area contributed by atoms with Crippen molar-refractivity contribution >= 4 is 16.7 Å². The molecule has 0 aromatic heterocycles. The summed E-state index contributed by atoms with van der Waals surface area (Å²) in [5, 5.41) is 5.72. The second kappa shape index (κ2) is 16.2. The molecule has 37 heavy (non-hydrogen) atoms. The molecular weight excluding hydrogens is 452 g/mol. The van der Waals surface area contributed by atoms with Crippen molar-refractivity contribution in [3.05, 3.63) is 83.4 Å². The van der Waals surface area contributed by atoms with Gasteiger partial charge in [-0.3, -0.25) is 9.69 Å². The van der Waals surface area contributed by atoms with E-state index in [1.807, 2.05) is 12.1 Å². The van der Waals surface area contributed by atoms with E-state index in [1.165, 1.54) is 79.7 Å². The van der Waals surface area contributed by atoms with Crippen molar-refractivity contribution in [1.29, 1.82) is 0 Å². The summed E-state index contributed by atoms with van der Waals surface area (Å²) in [6.07, 6.45) is 13.1. The van der Waals surface area contributed by atoms with Crippen LogP contribution in [0.5, 0.6) is 0 Å². The van der Waals surface area contributed by atoms with Crippen LogP contribution in [0.3, 0.4) is 0 Å². The van der Waals surface area contributed by atoms with E-state index >= 15 is 0 Å². The van der Waals surface area contributed by atoms with Gasteiger partial charge in [0.1, 0.15) is 0 Å². The molecule has 0 heterocycles. The standard InChI is InChI=1S/C34H48N2O/c1-4-6-7-8-9-10-11-12-13-16-26-35-34(37)31-24-22-29(23-25-31)27-36(5-2)28(3)32-21-17-19-30-18-14-15-20-33(30)32/h14-15,17-25,28H,4-13,16,26-27H2,1-3H3,(H,35,37). The Labute approximate surface area is 225 Å². The molecular formula is C34H48N2O. The Bertz CT molecular complexity index is 1050. The lowest BCUT2D eigenvalue weighted by atomic mass is 9.98. The van der Waals surface area contributed by atoms with Crippen molar-refractivity contribution in [2.45, 2.75) is 97.6 Å². The maximum Gasteiger partial charge on any atom is 0.251 e. The van der Waals surface area contributed by atoms with Crippen molar-refractivity contribution in [2.75, 3.05) is 13.1 Å². The molecule has 3 nitrogen and oxygen atoms in total. The summed E-state index contributed by atoms with van der Waals surface area (Å²) in [6, 6.07) is 23.7. The lowest BCUT2D eigenvalue weighted by molar-refractivity contribution is 0.0953. The maximum atomic E-state index is 12.6. The predicted molar refractivity (Wildman–Crippen MR) is 159 cm³/mol. The van der Waals surface area contributed by atoms with Crippen LogP contribution in [-0.2, 0) is 6.54 Å². The number of carbonyl (C=O) groups excluding carboxylic acids is 1. The van der Waals surface area contributed by atoms with Crippen LogP contribution in [0.1, 0.15) is 113 Å². The topological polar surface area (TPSA) is 32.3 Å². The van der Waals surface area contributed by atoms with E-state index in [-0.39, 0.29) is 5.91 Å². The summed E-state index contributed by atoms with van der Waals surface area (Å²) in [5.74, 6) is 0.0407. The molecule has 3 aromatic rings. The van der Waals surface area contributed by atoms with Gasteiger partial charge in [-0.25, -0.2) is 0 Å². The summed E-state index contributed by atoms with van der Waals surface area (Å²) in [4.78, 5) is 15.1. The second-order valence-electron chi connectivity index (χ2n) is 10.4. The second-order valence-corrected chi connectivity index (χ2v) is 10.4. The number of unbranched alkanes of at least 4 members (excludes halogenated alkanes) is 9. The third-order valence-corrected chi connectivity index (χ3v) is 7.65. The van der Waals surface area contributed by atoms with E-state index in [2.05, 4.69) is 85.6 Å². The predicted octanol–water partition coefficient (Wildman–Crippen LogP) is 9.07. The Kier molecular flexibility index (Phi) is 12.7. The number of hydrogen-bond acceptors (Lipinski definition) is 2. The van der Waals surface area contributed by atoms with Gasteiger partial charge < -0.3 is 5.32 Å². The molecule has 0 saturated carbocycles. The number of carbonyl (C=O) groups is 1. The molecule has 3 rings (SSSR count). The zero-order valence-corrected chi connectivity index (χ0v) is 23.5. The smallest absolute Gasteiger partial charge is 0.251 e. The molecule has 0 spiro atoms. The van der Waals surface area contributed by atoms with Gasteiger partial charge in [-0.15, -0.1) is 0 Å². The highest BCUT2D eigenvalue weighted by atomic mass is 16.1. The largest absolute Gasteiger partial charge is 0.352 e. The molecule has 1 amide bonds. The SMILES string of the molecule is CCCCCCCCCCCCNC(=O)c1ccc(CN(CC)C(C)c2cccc3ccccc23)cc1. The van der Waals surface area contributed by atoms with Crippen LogP contribution >= 0.6 is 0 Å². The van der Waals surface area contributed by atoms with Gasteiger partial charge in [0.05, 0.1) is 0 Å². The molecule has 1 atom stereocenters. The third-order valence-electron chi connectivity index (χ3n) is 7.65. The fraction of sp³-hybridized carbons (Fsp3) is 0.500. The van der Waals surface area contributed by atoms with Crippen LogP contribution in [0.4, 0.5) is 0 Å². The zero-order chi connectivity index (χ0) is 26.3. The molecule has 0 aliphatic rings. The monoisotopic (exact) mass is 500 g/mol. The van der Waals surface area contributed by atoms with Gasteiger partial charge in [0.15, 0.2) is 0 Å². The minimum Gasteiger partial charge on any atom is -0.352 e. The molecule has 1 unspecified atom stereocenters. The molecule has 3 heteroatoms. The Morgan fingerprint density at radius 3 is 2.05 bits per heavy atom. The fourth-order valence-corrected chi connectivity index (χ4v) is 5.25. The first kappa shape index (κ1) is 28.9. The number of nitrogens with zero attached hydrogens (tertiary/aromatic N) is 1. The fourth-order valence-electron chi connectivity index (χ4n) is 5.25. The van der Waals surface area contributed by atoms with E-state index in [9.17, 15) is 4.79 Å². The first-order chi connectivity index (χ1) is 18.1. The van der Waals surface area contributed by atoms with Crippen LogP contribution in [-0.4, -0.2) is 23.9 Å². The van der Waals surface area contributed by atoms with E-state index in [0.717, 1.165) is 31.6 Å². The van der Waals surface area contributed by atoms with Crippen molar-refractivity contribution < 1.29 is 4.79 Å². The van der Waals surface area contributed by atoms with Crippen LogP contribution in [0.25, 0.3) is 10.8 Å². The van der Waals surface area contributed by atoms with Crippen LogP contribution in [0.2, 0.25) is 0 Å². The average molecular weight is 501 g/mol. The Morgan fingerprint density at radius 2 is 1.38 bits per heavy atom. The molecule has 0 saturated heterocycles.